The summed E-state index contributed by atoms with van der Waals surface area (Å²) in [5, 5.41) is 18.1. The molecule has 2 N–H and O–H groups in total. The van der Waals surface area contributed by atoms with Crippen LogP contribution in [0.2, 0.25) is 10.0 Å². The van der Waals surface area contributed by atoms with Gasteiger partial charge in [-0.1, -0.05) is 37.0 Å². The van der Waals surface area contributed by atoms with E-state index in [1.165, 1.54) is 24.4 Å². The molecule has 200 valence electrons. The first-order valence-corrected chi connectivity index (χ1v) is 12.4. The number of non-ortho nitro benzene ring substituents is 1. The van der Waals surface area contributed by atoms with E-state index in [2.05, 4.69) is 15.8 Å². The Bertz CT molecular complexity index is 1320. The van der Waals surface area contributed by atoms with Crippen LogP contribution in [0.25, 0.3) is 11.3 Å². The molecule has 0 aliphatic rings. The summed E-state index contributed by atoms with van der Waals surface area (Å²) in [6.07, 6.45) is 0.752. The highest BCUT2D eigenvalue weighted by Gasteiger charge is 2.25. The third-order valence-electron chi connectivity index (χ3n) is 5.26. The Morgan fingerprint density at radius 2 is 1.79 bits per heavy atom. The fourth-order valence-electron chi connectivity index (χ4n) is 3.37. The van der Waals surface area contributed by atoms with E-state index in [4.69, 9.17) is 32.4 Å². The van der Waals surface area contributed by atoms with Gasteiger partial charge in [-0.15, -0.1) is 0 Å². The minimum Gasteiger partial charge on any atom is -0.479 e. The molecule has 10 nitrogen and oxygen atoms in total. The third-order valence-corrected chi connectivity index (χ3v) is 5.79. The first-order chi connectivity index (χ1) is 18.0. The third kappa shape index (κ3) is 8.06. The van der Waals surface area contributed by atoms with Crippen LogP contribution in [-0.4, -0.2) is 35.1 Å². The normalized spacial score (nSPS) is 12.8. The molecule has 38 heavy (non-hydrogen) atoms. The lowest BCUT2D eigenvalue weighted by Crippen LogP contribution is -2.49. The Labute approximate surface area is 229 Å². The summed E-state index contributed by atoms with van der Waals surface area (Å²) >= 11 is 12.0. The summed E-state index contributed by atoms with van der Waals surface area (Å²) in [7, 11) is 0. The molecular formula is C26H26Cl2N4O6. The van der Waals surface area contributed by atoms with Crippen LogP contribution in [0.15, 0.2) is 64.1 Å². The topological polar surface area (TPSA) is 136 Å². The molecule has 2 atom stereocenters. The Hall–Kier alpha value is -3.89. The second-order valence-corrected chi connectivity index (χ2v) is 9.61. The van der Waals surface area contributed by atoms with Gasteiger partial charge in [0.25, 0.3) is 17.5 Å². The molecule has 0 aliphatic heterocycles. The van der Waals surface area contributed by atoms with E-state index in [0.29, 0.717) is 34.3 Å². The van der Waals surface area contributed by atoms with Crippen LogP contribution in [0.4, 0.5) is 5.69 Å². The lowest BCUT2D eigenvalue weighted by Gasteiger charge is -2.22. The average Bonchev–Trinajstić information content (AvgIpc) is 3.33. The van der Waals surface area contributed by atoms with Gasteiger partial charge >= 0.3 is 0 Å². The van der Waals surface area contributed by atoms with Crippen LogP contribution in [0, 0.1) is 16.0 Å². The van der Waals surface area contributed by atoms with Gasteiger partial charge in [-0.3, -0.25) is 19.7 Å². The minimum atomic E-state index is -0.930. The van der Waals surface area contributed by atoms with Crippen molar-refractivity contribution in [3.63, 3.8) is 0 Å². The summed E-state index contributed by atoms with van der Waals surface area (Å²) in [6, 6.07) is 13.0. The van der Waals surface area contributed by atoms with Gasteiger partial charge in [0.05, 0.1) is 16.2 Å². The van der Waals surface area contributed by atoms with Crippen molar-refractivity contribution < 1.29 is 23.7 Å². The molecule has 1 aromatic heterocycles. The lowest BCUT2D eigenvalue weighted by molar-refractivity contribution is -0.384. The SMILES string of the molecule is CC(C)C[C@H](NC(=O)[C@H](C)Oc1ccc(Cl)cc1Cl)C(=O)N/N=C\c1ccc(-c2ccc([N+](=O)[O-])cc2)o1. The minimum absolute atomic E-state index is 0.0254. The molecule has 12 heteroatoms. The van der Waals surface area contributed by atoms with Gasteiger partial charge in [-0.25, -0.2) is 5.43 Å². The number of nitro benzene ring substituents is 1. The number of nitrogens with zero attached hydrogens (tertiary/aromatic N) is 2. The number of hydrogen-bond acceptors (Lipinski definition) is 7. The number of rotatable bonds is 11. The summed E-state index contributed by atoms with van der Waals surface area (Å²) in [6.45, 7) is 5.39. The largest absolute Gasteiger partial charge is 0.479 e. The first kappa shape index (κ1) is 28.7. The molecule has 0 saturated heterocycles. The molecule has 0 spiro atoms. The van der Waals surface area contributed by atoms with E-state index in [1.807, 2.05) is 13.8 Å². The van der Waals surface area contributed by atoms with E-state index in [0.717, 1.165) is 0 Å². The van der Waals surface area contributed by atoms with Crippen LogP contribution in [0.3, 0.4) is 0 Å². The molecule has 3 rings (SSSR count). The number of amides is 2. The molecule has 2 aromatic carbocycles. The summed E-state index contributed by atoms with van der Waals surface area (Å²) in [5.74, 6) is 0.213. The van der Waals surface area contributed by atoms with Crippen molar-refractivity contribution in [3.05, 3.63) is 80.5 Å². The number of carbonyl (C=O) groups is 2. The molecule has 0 bridgehead atoms. The van der Waals surface area contributed by atoms with Gasteiger partial charge < -0.3 is 14.5 Å². The highest BCUT2D eigenvalue weighted by atomic mass is 35.5. The number of carbonyl (C=O) groups excluding carboxylic acids is 2. The fraction of sp³-hybridized carbons (Fsp3) is 0.269. The van der Waals surface area contributed by atoms with Crippen LogP contribution in [-0.2, 0) is 9.59 Å². The van der Waals surface area contributed by atoms with Crippen molar-refractivity contribution in [3.8, 4) is 17.1 Å². The molecule has 3 aromatic rings. The van der Waals surface area contributed by atoms with Gasteiger partial charge in [-0.2, -0.15) is 5.10 Å². The van der Waals surface area contributed by atoms with Crippen LogP contribution >= 0.6 is 23.2 Å². The van der Waals surface area contributed by atoms with Crippen LogP contribution < -0.4 is 15.5 Å². The quantitative estimate of drug-likeness (QED) is 0.177. The lowest BCUT2D eigenvalue weighted by atomic mass is 10.0. The highest BCUT2D eigenvalue weighted by molar-refractivity contribution is 6.35. The van der Waals surface area contributed by atoms with E-state index in [9.17, 15) is 19.7 Å². The second kappa shape index (κ2) is 13.1. The number of benzene rings is 2. The second-order valence-electron chi connectivity index (χ2n) is 8.77. The molecular weight excluding hydrogens is 535 g/mol. The van der Waals surface area contributed by atoms with Crippen molar-refractivity contribution in [1.82, 2.24) is 10.7 Å². The maximum Gasteiger partial charge on any atom is 0.269 e. The molecule has 0 unspecified atom stereocenters. The maximum atomic E-state index is 12.8. The molecule has 0 aliphatic carbocycles. The van der Waals surface area contributed by atoms with Crippen molar-refractivity contribution >= 4 is 46.9 Å². The van der Waals surface area contributed by atoms with Gasteiger partial charge in [-0.05, 0) is 61.7 Å². The van der Waals surface area contributed by atoms with Crippen molar-refractivity contribution in [1.29, 1.82) is 0 Å². The molecule has 0 radical (unpaired) electrons. The van der Waals surface area contributed by atoms with Crippen molar-refractivity contribution in [2.75, 3.05) is 0 Å². The number of hydrazone groups is 1. The molecule has 2 amide bonds. The average molecular weight is 561 g/mol. The number of hydrogen-bond donors (Lipinski definition) is 2. The zero-order chi connectivity index (χ0) is 27.8. The van der Waals surface area contributed by atoms with E-state index in [-0.39, 0.29) is 16.6 Å². The van der Waals surface area contributed by atoms with Crippen LogP contribution in [0.5, 0.6) is 5.75 Å². The summed E-state index contributed by atoms with van der Waals surface area (Å²) < 4.78 is 11.3. The van der Waals surface area contributed by atoms with Crippen molar-refractivity contribution in [2.45, 2.75) is 39.3 Å². The number of nitrogens with one attached hydrogen (secondary N) is 2. The van der Waals surface area contributed by atoms with E-state index >= 15 is 0 Å². The van der Waals surface area contributed by atoms with Gasteiger partial charge in [0, 0.05) is 22.7 Å². The van der Waals surface area contributed by atoms with Crippen molar-refractivity contribution in [2.24, 2.45) is 11.0 Å². The first-order valence-electron chi connectivity index (χ1n) is 11.6. The van der Waals surface area contributed by atoms with E-state index < -0.39 is 28.9 Å². The highest BCUT2D eigenvalue weighted by Crippen LogP contribution is 2.28. The van der Waals surface area contributed by atoms with E-state index in [1.54, 1.807) is 43.3 Å². The Kier molecular flexibility index (Phi) is 9.86. The fourth-order valence-corrected chi connectivity index (χ4v) is 3.82. The maximum absolute atomic E-state index is 12.8. The zero-order valence-electron chi connectivity index (χ0n) is 20.8. The Morgan fingerprint density at radius 1 is 1.08 bits per heavy atom. The summed E-state index contributed by atoms with van der Waals surface area (Å²) in [5.41, 5.74) is 3.04. The number of furan rings is 1. The molecule has 1 heterocycles. The Balaban J connectivity index is 1.60. The number of halogens is 2. The van der Waals surface area contributed by atoms with Crippen LogP contribution in [0.1, 0.15) is 33.0 Å². The van der Waals surface area contributed by atoms with Gasteiger partial charge in [0.1, 0.15) is 23.3 Å². The predicted molar refractivity (Wildman–Crippen MR) is 144 cm³/mol. The monoisotopic (exact) mass is 560 g/mol. The van der Waals surface area contributed by atoms with Gasteiger partial charge in [0.15, 0.2) is 6.10 Å². The Morgan fingerprint density at radius 3 is 2.42 bits per heavy atom. The summed E-state index contributed by atoms with van der Waals surface area (Å²) in [4.78, 5) is 35.9. The molecule has 0 saturated carbocycles. The smallest absolute Gasteiger partial charge is 0.269 e. The zero-order valence-corrected chi connectivity index (χ0v) is 22.3. The number of nitro groups is 1. The molecule has 0 fully saturated rings. The predicted octanol–water partition coefficient (Wildman–Crippen LogP) is 5.61. The van der Waals surface area contributed by atoms with Gasteiger partial charge in [0.2, 0.25) is 0 Å². The standard InChI is InChI=1S/C26H26Cl2N4O6/c1-15(2)12-22(30-25(33)16(3)37-24-10-6-18(27)13-21(24)28)26(34)31-29-14-20-9-11-23(38-20)17-4-7-19(8-5-17)32(35)36/h4-11,13-16,22H,12H2,1-3H3,(H,30,33)(H,31,34)/b29-14-/t16-,22-/m0/s1. The number of ether oxygens (including phenoxy) is 1.